The standard InChI is InChI=1S/C21H18N4O/c1-15(17-12-11-16-7-5-6-8-18(16)13-17)23-21(26)20-14-22-25(24-20)19-9-3-2-4-10-19/h2-15H,1H3,(H,23,26). The topological polar surface area (TPSA) is 59.8 Å². The number of amides is 1. The average molecular weight is 342 g/mol. The lowest BCUT2D eigenvalue weighted by molar-refractivity contribution is 0.0934. The van der Waals surface area contributed by atoms with Crippen LogP contribution in [0, 0.1) is 0 Å². The van der Waals surface area contributed by atoms with Crippen molar-refractivity contribution in [2.24, 2.45) is 0 Å². The number of hydrogen-bond donors (Lipinski definition) is 1. The molecule has 0 radical (unpaired) electrons. The Bertz CT molecular complexity index is 1060. The molecule has 26 heavy (non-hydrogen) atoms. The zero-order valence-electron chi connectivity index (χ0n) is 14.3. The lowest BCUT2D eigenvalue weighted by Gasteiger charge is -2.14. The van der Waals surface area contributed by atoms with Crippen molar-refractivity contribution in [1.82, 2.24) is 20.3 Å². The van der Waals surface area contributed by atoms with Gasteiger partial charge in [-0.25, -0.2) is 0 Å². The van der Waals surface area contributed by atoms with Crippen molar-refractivity contribution in [3.63, 3.8) is 0 Å². The van der Waals surface area contributed by atoms with Crippen LogP contribution in [0.15, 0.2) is 79.0 Å². The summed E-state index contributed by atoms with van der Waals surface area (Å²) >= 11 is 0. The normalized spacial score (nSPS) is 12.0. The third-order valence-corrected chi connectivity index (χ3v) is 4.33. The fourth-order valence-electron chi connectivity index (χ4n) is 2.88. The van der Waals surface area contributed by atoms with E-state index in [2.05, 4.69) is 39.8 Å². The first-order chi connectivity index (χ1) is 12.7. The molecule has 0 saturated heterocycles. The monoisotopic (exact) mass is 342 g/mol. The molecule has 3 aromatic carbocycles. The maximum Gasteiger partial charge on any atom is 0.273 e. The Morgan fingerprint density at radius 2 is 1.69 bits per heavy atom. The van der Waals surface area contributed by atoms with Crippen LogP contribution in [0.25, 0.3) is 16.5 Å². The van der Waals surface area contributed by atoms with Crippen LogP contribution in [0.1, 0.15) is 29.0 Å². The minimum Gasteiger partial charge on any atom is -0.344 e. The molecular weight excluding hydrogens is 324 g/mol. The summed E-state index contributed by atoms with van der Waals surface area (Å²) in [5, 5.41) is 13.8. The highest BCUT2D eigenvalue weighted by atomic mass is 16.2. The number of rotatable bonds is 4. The van der Waals surface area contributed by atoms with Gasteiger partial charge in [0, 0.05) is 0 Å². The summed E-state index contributed by atoms with van der Waals surface area (Å²) in [6.07, 6.45) is 1.48. The van der Waals surface area contributed by atoms with Crippen molar-refractivity contribution in [3.8, 4) is 5.69 Å². The van der Waals surface area contributed by atoms with Gasteiger partial charge in [0.2, 0.25) is 0 Å². The molecular formula is C21H18N4O. The first kappa shape index (κ1) is 16.0. The summed E-state index contributed by atoms with van der Waals surface area (Å²) in [5.74, 6) is -0.243. The van der Waals surface area contributed by atoms with Crippen LogP contribution in [-0.4, -0.2) is 20.9 Å². The Kier molecular flexibility index (Phi) is 4.19. The number of aromatic nitrogens is 3. The summed E-state index contributed by atoms with van der Waals surface area (Å²) in [4.78, 5) is 14.0. The molecule has 0 saturated carbocycles. The smallest absolute Gasteiger partial charge is 0.273 e. The van der Waals surface area contributed by atoms with E-state index in [1.807, 2.05) is 55.5 Å². The zero-order chi connectivity index (χ0) is 17.9. The maximum atomic E-state index is 12.5. The van der Waals surface area contributed by atoms with Gasteiger partial charge in [-0.15, -0.1) is 5.10 Å². The van der Waals surface area contributed by atoms with E-state index >= 15 is 0 Å². The van der Waals surface area contributed by atoms with Crippen LogP contribution in [0.2, 0.25) is 0 Å². The SMILES string of the molecule is CC(NC(=O)c1cnn(-c2ccccc2)n1)c1ccc2ccccc2c1. The van der Waals surface area contributed by atoms with Gasteiger partial charge < -0.3 is 5.32 Å². The number of hydrogen-bond acceptors (Lipinski definition) is 3. The quantitative estimate of drug-likeness (QED) is 0.612. The second kappa shape index (κ2) is 6.80. The highest BCUT2D eigenvalue weighted by Gasteiger charge is 2.15. The molecule has 128 valence electrons. The van der Waals surface area contributed by atoms with Crippen molar-refractivity contribution in [2.45, 2.75) is 13.0 Å². The molecule has 1 amide bonds. The third-order valence-electron chi connectivity index (χ3n) is 4.33. The zero-order valence-corrected chi connectivity index (χ0v) is 14.3. The first-order valence-corrected chi connectivity index (χ1v) is 8.48. The van der Waals surface area contributed by atoms with Crippen molar-refractivity contribution >= 4 is 16.7 Å². The molecule has 5 heteroatoms. The van der Waals surface area contributed by atoms with Crippen LogP contribution >= 0.6 is 0 Å². The van der Waals surface area contributed by atoms with Crippen molar-refractivity contribution < 1.29 is 4.79 Å². The molecule has 0 bridgehead atoms. The van der Waals surface area contributed by atoms with Gasteiger partial charge in [0.1, 0.15) is 0 Å². The largest absolute Gasteiger partial charge is 0.344 e. The van der Waals surface area contributed by atoms with Gasteiger partial charge in [-0.3, -0.25) is 4.79 Å². The predicted molar refractivity (Wildman–Crippen MR) is 101 cm³/mol. The van der Waals surface area contributed by atoms with Gasteiger partial charge >= 0.3 is 0 Å². The van der Waals surface area contributed by atoms with Gasteiger partial charge in [0.15, 0.2) is 5.69 Å². The van der Waals surface area contributed by atoms with Crippen LogP contribution in [0.5, 0.6) is 0 Å². The average Bonchev–Trinajstić information content (AvgIpc) is 3.18. The lowest BCUT2D eigenvalue weighted by Crippen LogP contribution is -2.27. The number of para-hydroxylation sites is 1. The molecule has 1 heterocycles. The van der Waals surface area contributed by atoms with Gasteiger partial charge in [0.25, 0.3) is 5.91 Å². The molecule has 1 atom stereocenters. The fourth-order valence-corrected chi connectivity index (χ4v) is 2.88. The summed E-state index contributed by atoms with van der Waals surface area (Å²) in [5.41, 5.74) is 2.16. The van der Waals surface area contributed by atoms with E-state index in [1.54, 1.807) is 0 Å². The minimum absolute atomic E-state index is 0.131. The summed E-state index contributed by atoms with van der Waals surface area (Å²) in [7, 11) is 0. The molecule has 1 aromatic heterocycles. The van der Waals surface area contributed by atoms with E-state index in [0.717, 1.165) is 16.6 Å². The van der Waals surface area contributed by atoms with Crippen molar-refractivity contribution in [1.29, 1.82) is 0 Å². The van der Waals surface area contributed by atoms with Gasteiger partial charge in [-0.05, 0) is 41.5 Å². The van der Waals surface area contributed by atoms with Gasteiger partial charge in [-0.2, -0.15) is 9.90 Å². The number of carbonyl (C=O) groups excluding carboxylic acids is 1. The van der Waals surface area contributed by atoms with E-state index in [1.165, 1.54) is 16.4 Å². The molecule has 0 aliphatic heterocycles. The number of nitrogens with zero attached hydrogens (tertiary/aromatic N) is 3. The summed E-state index contributed by atoms with van der Waals surface area (Å²) in [6, 6.07) is 23.7. The van der Waals surface area contributed by atoms with E-state index in [9.17, 15) is 4.79 Å². The highest BCUT2D eigenvalue weighted by molar-refractivity contribution is 5.92. The number of fused-ring (bicyclic) bond motifs is 1. The second-order valence-corrected chi connectivity index (χ2v) is 6.16. The molecule has 5 nitrogen and oxygen atoms in total. The lowest BCUT2D eigenvalue weighted by atomic mass is 10.0. The Morgan fingerprint density at radius 1 is 0.962 bits per heavy atom. The van der Waals surface area contributed by atoms with Crippen molar-refractivity contribution in [3.05, 3.63) is 90.3 Å². The molecule has 4 rings (SSSR count). The molecule has 0 aliphatic rings. The predicted octanol–water partition coefficient (Wildman–Crippen LogP) is 3.91. The molecule has 0 spiro atoms. The van der Waals surface area contributed by atoms with Gasteiger partial charge in [-0.1, -0.05) is 54.6 Å². The van der Waals surface area contributed by atoms with Gasteiger partial charge in [0.05, 0.1) is 17.9 Å². The molecule has 0 fully saturated rings. The Balaban J connectivity index is 1.51. The molecule has 0 aliphatic carbocycles. The van der Waals surface area contributed by atoms with E-state index < -0.39 is 0 Å². The van der Waals surface area contributed by atoms with E-state index in [0.29, 0.717) is 5.69 Å². The summed E-state index contributed by atoms with van der Waals surface area (Å²) < 4.78 is 0. The number of benzene rings is 3. The van der Waals surface area contributed by atoms with Crippen LogP contribution in [0.4, 0.5) is 0 Å². The van der Waals surface area contributed by atoms with Crippen molar-refractivity contribution in [2.75, 3.05) is 0 Å². The third kappa shape index (κ3) is 3.19. The Hall–Kier alpha value is -3.47. The Labute approximate surface area is 151 Å². The van der Waals surface area contributed by atoms with E-state index in [4.69, 9.17) is 0 Å². The number of carbonyl (C=O) groups is 1. The Morgan fingerprint density at radius 3 is 2.50 bits per heavy atom. The highest BCUT2D eigenvalue weighted by Crippen LogP contribution is 2.20. The summed E-state index contributed by atoms with van der Waals surface area (Å²) in [6.45, 7) is 1.96. The van der Waals surface area contributed by atoms with Crippen LogP contribution < -0.4 is 5.32 Å². The second-order valence-electron chi connectivity index (χ2n) is 6.16. The van der Waals surface area contributed by atoms with E-state index in [-0.39, 0.29) is 11.9 Å². The maximum absolute atomic E-state index is 12.5. The molecule has 1 unspecified atom stereocenters. The molecule has 1 N–H and O–H groups in total. The molecule has 4 aromatic rings. The minimum atomic E-state index is -0.243. The van der Waals surface area contributed by atoms with Crippen LogP contribution in [-0.2, 0) is 0 Å². The fraction of sp³-hybridized carbons (Fsp3) is 0.0952. The van der Waals surface area contributed by atoms with Crippen LogP contribution in [0.3, 0.4) is 0 Å². The first-order valence-electron chi connectivity index (χ1n) is 8.48. The number of nitrogens with one attached hydrogen (secondary N) is 1.